The third kappa shape index (κ3) is 3.97. The van der Waals surface area contributed by atoms with E-state index in [2.05, 4.69) is 0 Å². The normalized spacial score (nSPS) is 29.1. The Kier molecular flexibility index (Phi) is 5.76. The third-order valence-electron chi connectivity index (χ3n) is 6.05. The second-order valence-corrected chi connectivity index (χ2v) is 11.1. The highest BCUT2D eigenvalue weighted by Crippen LogP contribution is 2.33. The molecule has 3 aliphatic rings. The number of amides is 2. The Balaban J connectivity index is 1.42. The molecule has 1 aromatic heterocycles. The van der Waals surface area contributed by atoms with Gasteiger partial charge in [-0.3, -0.25) is 9.59 Å². The second-order valence-electron chi connectivity index (χ2n) is 7.78. The number of nitrogens with zero attached hydrogens (tertiary/aromatic N) is 2. The molecular formula is C19H26N2O5S2. The van der Waals surface area contributed by atoms with Gasteiger partial charge in [0.05, 0.1) is 16.9 Å². The highest BCUT2D eigenvalue weighted by Gasteiger charge is 2.41. The molecule has 154 valence electrons. The molecule has 0 spiro atoms. The molecule has 1 aromatic rings. The molecule has 0 aliphatic carbocycles. The average molecular weight is 427 g/mol. The summed E-state index contributed by atoms with van der Waals surface area (Å²) in [5.74, 6) is -0.434. The fourth-order valence-corrected chi connectivity index (χ4v) is 7.47. The SMILES string of the molecule is O=C([C@@H]1CC(=O)N(C2CCOCC2)C1)N1CC[C@@H](c2cccs2)S(=O)(=O)CC1. The Morgan fingerprint density at radius 2 is 1.96 bits per heavy atom. The molecule has 7 nitrogen and oxygen atoms in total. The van der Waals surface area contributed by atoms with E-state index in [9.17, 15) is 18.0 Å². The molecule has 0 N–H and O–H groups in total. The van der Waals surface area contributed by atoms with Crippen molar-refractivity contribution in [2.24, 2.45) is 5.92 Å². The van der Waals surface area contributed by atoms with Crippen molar-refractivity contribution in [3.63, 3.8) is 0 Å². The molecule has 0 saturated carbocycles. The highest BCUT2D eigenvalue weighted by molar-refractivity contribution is 7.91. The number of likely N-dealkylation sites (tertiary alicyclic amines) is 1. The lowest BCUT2D eigenvalue weighted by Gasteiger charge is -2.31. The third-order valence-corrected chi connectivity index (χ3v) is 9.30. The lowest BCUT2D eigenvalue weighted by Crippen LogP contribution is -2.42. The minimum Gasteiger partial charge on any atom is -0.381 e. The van der Waals surface area contributed by atoms with Gasteiger partial charge >= 0.3 is 0 Å². The largest absolute Gasteiger partial charge is 0.381 e. The summed E-state index contributed by atoms with van der Waals surface area (Å²) in [4.78, 5) is 29.9. The van der Waals surface area contributed by atoms with Gasteiger partial charge < -0.3 is 14.5 Å². The van der Waals surface area contributed by atoms with Crippen LogP contribution in [0, 0.1) is 5.92 Å². The maximum atomic E-state index is 13.1. The molecule has 3 aliphatic heterocycles. The molecule has 0 unspecified atom stereocenters. The number of thiophene rings is 1. The Bertz CT molecular complexity index is 817. The number of hydrogen-bond donors (Lipinski definition) is 0. The lowest BCUT2D eigenvalue weighted by atomic mass is 10.1. The number of carbonyl (C=O) groups is 2. The maximum absolute atomic E-state index is 13.1. The van der Waals surface area contributed by atoms with Crippen molar-refractivity contribution in [1.82, 2.24) is 9.80 Å². The summed E-state index contributed by atoms with van der Waals surface area (Å²) in [6.45, 7) is 2.38. The summed E-state index contributed by atoms with van der Waals surface area (Å²) < 4.78 is 30.8. The van der Waals surface area contributed by atoms with Crippen LogP contribution in [0.4, 0.5) is 0 Å². The van der Waals surface area contributed by atoms with Gasteiger partial charge in [-0.2, -0.15) is 0 Å². The molecule has 4 rings (SSSR count). The Morgan fingerprint density at radius 1 is 1.18 bits per heavy atom. The molecule has 9 heteroatoms. The van der Waals surface area contributed by atoms with E-state index in [1.807, 2.05) is 22.4 Å². The van der Waals surface area contributed by atoms with E-state index in [0.717, 1.165) is 17.7 Å². The summed E-state index contributed by atoms with van der Waals surface area (Å²) in [6.07, 6.45) is 2.28. The van der Waals surface area contributed by atoms with Crippen LogP contribution in [0.3, 0.4) is 0 Å². The van der Waals surface area contributed by atoms with E-state index >= 15 is 0 Å². The van der Waals surface area contributed by atoms with Crippen LogP contribution in [0.5, 0.6) is 0 Å². The van der Waals surface area contributed by atoms with E-state index in [4.69, 9.17) is 4.74 Å². The van der Waals surface area contributed by atoms with Crippen LogP contribution in [0.1, 0.15) is 35.8 Å². The van der Waals surface area contributed by atoms with Crippen molar-refractivity contribution in [3.05, 3.63) is 22.4 Å². The predicted octanol–water partition coefficient (Wildman–Crippen LogP) is 1.46. The molecule has 0 radical (unpaired) electrons. The quantitative estimate of drug-likeness (QED) is 0.731. The van der Waals surface area contributed by atoms with Gasteiger partial charge in [0, 0.05) is 50.2 Å². The van der Waals surface area contributed by atoms with Crippen LogP contribution in [-0.4, -0.2) is 74.7 Å². The van der Waals surface area contributed by atoms with E-state index < -0.39 is 15.1 Å². The predicted molar refractivity (Wildman–Crippen MR) is 106 cm³/mol. The van der Waals surface area contributed by atoms with Crippen LogP contribution >= 0.6 is 11.3 Å². The van der Waals surface area contributed by atoms with Gasteiger partial charge in [-0.1, -0.05) is 6.07 Å². The fourth-order valence-electron chi connectivity index (χ4n) is 4.46. The molecule has 4 heterocycles. The Morgan fingerprint density at radius 3 is 2.68 bits per heavy atom. The first-order valence-electron chi connectivity index (χ1n) is 9.86. The zero-order valence-corrected chi connectivity index (χ0v) is 17.4. The number of carbonyl (C=O) groups excluding carboxylic acids is 2. The van der Waals surface area contributed by atoms with Crippen LogP contribution in [0.15, 0.2) is 17.5 Å². The molecule has 0 aromatic carbocycles. The Labute approximate surface area is 169 Å². The summed E-state index contributed by atoms with van der Waals surface area (Å²) in [5, 5.41) is 1.35. The van der Waals surface area contributed by atoms with Crippen molar-refractivity contribution in [1.29, 1.82) is 0 Å². The molecule has 2 amide bonds. The maximum Gasteiger partial charge on any atom is 0.228 e. The van der Waals surface area contributed by atoms with Gasteiger partial charge in [0.25, 0.3) is 0 Å². The van der Waals surface area contributed by atoms with Gasteiger partial charge in [0.15, 0.2) is 9.84 Å². The summed E-state index contributed by atoms with van der Waals surface area (Å²) in [7, 11) is -3.29. The van der Waals surface area contributed by atoms with Crippen LogP contribution < -0.4 is 0 Å². The molecule has 3 fully saturated rings. The summed E-state index contributed by atoms with van der Waals surface area (Å²) >= 11 is 1.45. The van der Waals surface area contributed by atoms with Crippen LogP contribution in [-0.2, 0) is 24.2 Å². The summed E-state index contributed by atoms with van der Waals surface area (Å²) in [5.41, 5.74) is 0. The molecule has 3 saturated heterocycles. The van der Waals surface area contributed by atoms with Crippen molar-refractivity contribution < 1.29 is 22.7 Å². The zero-order valence-electron chi connectivity index (χ0n) is 15.8. The minimum absolute atomic E-state index is 0.0222. The van der Waals surface area contributed by atoms with Gasteiger partial charge in [0.1, 0.15) is 0 Å². The fraction of sp³-hybridized carbons (Fsp3) is 0.684. The first-order chi connectivity index (χ1) is 13.5. The van der Waals surface area contributed by atoms with Crippen LogP contribution in [0.25, 0.3) is 0 Å². The monoisotopic (exact) mass is 426 g/mol. The highest BCUT2D eigenvalue weighted by atomic mass is 32.2. The van der Waals surface area contributed by atoms with Crippen LogP contribution in [0.2, 0.25) is 0 Å². The number of ether oxygens (including phenoxy) is 1. The van der Waals surface area contributed by atoms with Gasteiger partial charge in [-0.15, -0.1) is 11.3 Å². The number of rotatable bonds is 3. The van der Waals surface area contributed by atoms with E-state index in [0.29, 0.717) is 32.7 Å². The van der Waals surface area contributed by atoms with E-state index in [-0.39, 0.29) is 42.5 Å². The smallest absolute Gasteiger partial charge is 0.228 e. The van der Waals surface area contributed by atoms with Crippen molar-refractivity contribution in [2.75, 3.05) is 38.6 Å². The second kappa shape index (κ2) is 8.12. The minimum atomic E-state index is -3.29. The number of hydrogen-bond acceptors (Lipinski definition) is 6. The molecular weight excluding hydrogens is 400 g/mol. The Hall–Kier alpha value is -1.45. The first kappa shape index (κ1) is 19.8. The van der Waals surface area contributed by atoms with Crippen molar-refractivity contribution in [3.8, 4) is 0 Å². The lowest BCUT2D eigenvalue weighted by molar-refractivity contribution is -0.135. The summed E-state index contributed by atoms with van der Waals surface area (Å²) in [6, 6.07) is 3.87. The molecule has 2 atom stereocenters. The van der Waals surface area contributed by atoms with E-state index in [1.165, 1.54) is 11.3 Å². The standard InChI is InChI=1S/C19H26N2O5S2/c22-18-12-14(13-21(18)15-4-8-26-9-5-15)19(23)20-6-3-17(16-2-1-10-27-16)28(24,25)11-7-20/h1-2,10,14-15,17H,3-9,11-13H2/t14-,17+/m1/s1. The zero-order chi connectivity index (χ0) is 19.7. The first-order valence-corrected chi connectivity index (χ1v) is 12.5. The van der Waals surface area contributed by atoms with Gasteiger partial charge in [-0.05, 0) is 30.7 Å². The van der Waals surface area contributed by atoms with Gasteiger partial charge in [-0.25, -0.2) is 8.42 Å². The van der Waals surface area contributed by atoms with Gasteiger partial charge in [0.2, 0.25) is 11.8 Å². The van der Waals surface area contributed by atoms with Crippen molar-refractivity contribution in [2.45, 2.75) is 37.0 Å². The number of sulfone groups is 1. The topological polar surface area (TPSA) is 84.0 Å². The molecule has 0 bridgehead atoms. The van der Waals surface area contributed by atoms with E-state index in [1.54, 1.807) is 4.90 Å². The van der Waals surface area contributed by atoms with Crippen molar-refractivity contribution >= 4 is 33.0 Å². The average Bonchev–Trinajstić information content (AvgIpc) is 3.31. The molecule has 28 heavy (non-hydrogen) atoms.